The number of nitro groups is 1. The predicted molar refractivity (Wildman–Crippen MR) is 88.4 cm³/mol. The summed E-state index contributed by atoms with van der Waals surface area (Å²) in [5, 5.41) is 46.5. The second-order valence-electron chi connectivity index (χ2n) is 4.99. The van der Waals surface area contributed by atoms with Crippen molar-refractivity contribution in [2.75, 3.05) is 0 Å². The molecule has 3 rings (SSSR count). The summed E-state index contributed by atoms with van der Waals surface area (Å²) < 4.78 is 14.3. The molecule has 3 N–H and O–H groups in total. The highest BCUT2D eigenvalue weighted by atomic mass is 35.5. The van der Waals surface area contributed by atoms with Crippen molar-refractivity contribution < 1.29 is 24.6 Å². The van der Waals surface area contributed by atoms with Crippen LogP contribution < -0.4 is 0 Å². The van der Waals surface area contributed by atoms with E-state index < -0.39 is 43.7 Å². The molecule has 0 atom stereocenters. The lowest BCUT2D eigenvalue weighted by Gasteiger charge is -2.08. The van der Waals surface area contributed by atoms with Crippen molar-refractivity contribution >= 4 is 28.9 Å². The fraction of sp³-hybridized carbons (Fsp3) is 0. The largest absolute Gasteiger partial charge is 0.505 e. The van der Waals surface area contributed by atoms with Gasteiger partial charge in [-0.3, -0.25) is 10.1 Å². The van der Waals surface area contributed by atoms with Gasteiger partial charge >= 0.3 is 5.69 Å². The van der Waals surface area contributed by atoms with Crippen LogP contribution in [0.1, 0.15) is 0 Å². The summed E-state index contributed by atoms with van der Waals surface area (Å²) in [5.41, 5.74) is -1.01. The van der Waals surface area contributed by atoms with Crippen LogP contribution in [0.5, 0.6) is 17.2 Å². The zero-order valence-corrected chi connectivity index (χ0v) is 13.9. The molecule has 9 nitrogen and oxygen atoms in total. The number of phenols is 3. The minimum Gasteiger partial charge on any atom is -0.505 e. The molecule has 0 aliphatic heterocycles. The van der Waals surface area contributed by atoms with E-state index in [1.165, 1.54) is 12.3 Å². The van der Waals surface area contributed by atoms with Gasteiger partial charge in [0.25, 0.3) is 0 Å². The highest BCUT2D eigenvalue weighted by molar-refractivity contribution is 6.41. The summed E-state index contributed by atoms with van der Waals surface area (Å²) in [6.07, 6.45) is 1.24. The van der Waals surface area contributed by atoms with Crippen LogP contribution in [-0.4, -0.2) is 35.2 Å². The van der Waals surface area contributed by atoms with Crippen molar-refractivity contribution in [3.63, 3.8) is 0 Å². The second-order valence-corrected chi connectivity index (χ2v) is 5.75. The zero-order valence-electron chi connectivity index (χ0n) is 12.4. The van der Waals surface area contributed by atoms with E-state index in [0.29, 0.717) is 0 Å². The second kappa shape index (κ2) is 6.32. The Labute approximate surface area is 153 Å². The van der Waals surface area contributed by atoms with E-state index in [1.54, 1.807) is 0 Å². The highest BCUT2D eigenvalue weighted by Gasteiger charge is 2.31. The molecule has 0 saturated heterocycles. The Morgan fingerprint density at radius 2 is 1.85 bits per heavy atom. The molecule has 26 heavy (non-hydrogen) atoms. The van der Waals surface area contributed by atoms with Crippen molar-refractivity contribution in [1.82, 2.24) is 15.0 Å². The number of nitro benzene ring substituents is 1. The van der Waals surface area contributed by atoms with Gasteiger partial charge in [-0.1, -0.05) is 28.4 Å². The van der Waals surface area contributed by atoms with Crippen LogP contribution in [0.3, 0.4) is 0 Å². The summed E-state index contributed by atoms with van der Waals surface area (Å²) in [5.74, 6) is -3.47. The quantitative estimate of drug-likeness (QED) is 0.348. The minimum atomic E-state index is -1.08. The number of hydrogen-bond acceptors (Lipinski definition) is 7. The molecule has 0 bridgehead atoms. The van der Waals surface area contributed by atoms with Crippen molar-refractivity contribution in [2.45, 2.75) is 0 Å². The maximum atomic E-state index is 13.1. The van der Waals surface area contributed by atoms with E-state index in [0.717, 1.165) is 16.8 Å². The van der Waals surface area contributed by atoms with Crippen LogP contribution in [-0.2, 0) is 0 Å². The molecule has 3 aromatic rings. The molecule has 1 aromatic heterocycles. The van der Waals surface area contributed by atoms with Crippen molar-refractivity contribution in [3.05, 3.63) is 50.4 Å². The van der Waals surface area contributed by atoms with Gasteiger partial charge in [-0.05, 0) is 12.1 Å². The molecule has 0 aliphatic rings. The van der Waals surface area contributed by atoms with Crippen LogP contribution in [0, 0.1) is 15.9 Å². The molecular weight excluding hydrogens is 394 g/mol. The van der Waals surface area contributed by atoms with E-state index in [1.807, 2.05) is 0 Å². The maximum Gasteiger partial charge on any atom is 0.333 e. The summed E-state index contributed by atoms with van der Waals surface area (Å²) in [7, 11) is 0. The minimum absolute atomic E-state index is 0.0674. The predicted octanol–water partition coefficient (Wildman–Crippen LogP) is 3.41. The van der Waals surface area contributed by atoms with E-state index in [2.05, 4.69) is 10.3 Å². The Morgan fingerprint density at radius 1 is 1.15 bits per heavy atom. The number of hydrogen-bond donors (Lipinski definition) is 3. The van der Waals surface area contributed by atoms with Gasteiger partial charge < -0.3 is 15.3 Å². The van der Waals surface area contributed by atoms with Crippen LogP contribution in [0.4, 0.5) is 10.1 Å². The molecule has 0 amide bonds. The third-order valence-electron chi connectivity index (χ3n) is 3.43. The van der Waals surface area contributed by atoms with Crippen molar-refractivity contribution in [1.29, 1.82) is 0 Å². The fourth-order valence-corrected chi connectivity index (χ4v) is 2.87. The van der Waals surface area contributed by atoms with Gasteiger partial charge in [-0.2, -0.15) is 0 Å². The summed E-state index contributed by atoms with van der Waals surface area (Å²) >= 11 is 11.9. The molecule has 0 fully saturated rings. The van der Waals surface area contributed by atoms with Crippen LogP contribution >= 0.6 is 23.2 Å². The number of rotatable bonds is 3. The smallest absolute Gasteiger partial charge is 0.333 e. The molecule has 2 aromatic carbocycles. The Morgan fingerprint density at radius 3 is 2.46 bits per heavy atom. The van der Waals surface area contributed by atoms with Gasteiger partial charge in [0.05, 0.1) is 27.4 Å². The summed E-state index contributed by atoms with van der Waals surface area (Å²) in [6.45, 7) is 0. The average molecular weight is 401 g/mol. The topological polar surface area (TPSA) is 135 Å². The SMILES string of the molecule is O=[N+]([O-])c1c(O)c(O)c(Cl)c(-c2cn(-c3ccc(F)c(O)c3)nn2)c1Cl. The van der Waals surface area contributed by atoms with Gasteiger partial charge in [0, 0.05) is 6.07 Å². The van der Waals surface area contributed by atoms with Crippen LogP contribution in [0.15, 0.2) is 24.4 Å². The van der Waals surface area contributed by atoms with Gasteiger partial charge in [-0.15, -0.1) is 5.10 Å². The molecule has 1 heterocycles. The third-order valence-corrected chi connectivity index (χ3v) is 4.17. The molecule has 0 spiro atoms. The van der Waals surface area contributed by atoms with Gasteiger partial charge in [-0.25, -0.2) is 9.07 Å². The summed E-state index contributed by atoms with van der Waals surface area (Å²) in [6, 6.07) is 3.38. The molecule has 0 radical (unpaired) electrons. The van der Waals surface area contributed by atoms with Gasteiger partial charge in [0.1, 0.15) is 10.7 Å². The third kappa shape index (κ3) is 2.74. The first-order valence-corrected chi connectivity index (χ1v) is 7.46. The molecule has 12 heteroatoms. The standard InChI is InChI=1S/C14H7Cl2FN4O5/c15-10-9(11(16)13(23)14(24)12(10)21(25)26)7-4-20(19-18-7)5-1-2-6(17)8(22)3-5/h1-4,22-24H. The van der Waals surface area contributed by atoms with Gasteiger partial charge in [0.2, 0.25) is 5.75 Å². The number of phenolic OH excluding ortho intramolecular Hbond substituents is 3. The van der Waals surface area contributed by atoms with Crippen LogP contribution in [0.25, 0.3) is 16.9 Å². The first kappa shape index (κ1) is 17.7. The summed E-state index contributed by atoms with van der Waals surface area (Å²) in [4.78, 5) is 10.1. The lowest BCUT2D eigenvalue weighted by atomic mass is 10.1. The molecule has 134 valence electrons. The number of benzene rings is 2. The van der Waals surface area contributed by atoms with E-state index in [9.17, 15) is 29.8 Å². The molecule has 0 aliphatic carbocycles. The highest BCUT2D eigenvalue weighted by Crippen LogP contribution is 2.51. The van der Waals surface area contributed by atoms with E-state index in [-0.39, 0.29) is 16.9 Å². The normalized spacial score (nSPS) is 10.9. The Balaban J connectivity index is 2.18. The zero-order chi connectivity index (χ0) is 19.2. The fourth-order valence-electron chi connectivity index (χ4n) is 2.19. The molecule has 0 saturated carbocycles. The Hall–Kier alpha value is -3.11. The van der Waals surface area contributed by atoms with Gasteiger partial charge in [0.15, 0.2) is 17.3 Å². The van der Waals surface area contributed by atoms with Crippen LogP contribution in [0.2, 0.25) is 10.0 Å². The average Bonchev–Trinajstić information content (AvgIpc) is 3.05. The first-order chi connectivity index (χ1) is 12.2. The number of halogens is 3. The molecular formula is C14H7Cl2FN4O5. The number of nitrogens with zero attached hydrogens (tertiary/aromatic N) is 4. The lowest BCUT2D eigenvalue weighted by Crippen LogP contribution is -1.95. The number of aromatic nitrogens is 3. The van der Waals surface area contributed by atoms with Crippen molar-refractivity contribution in [2.24, 2.45) is 0 Å². The first-order valence-electron chi connectivity index (χ1n) is 6.71. The maximum absolute atomic E-state index is 13.1. The number of aromatic hydroxyl groups is 3. The Bertz CT molecular complexity index is 1060. The Kier molecular flexibility index (Phi) is 4.30. The monoisotopic (exact) mass is 400 g/mol. The van der Waals surface area contributed by atoms with E-state index >= 15 is 0 Å². The van der Waals surface area contributed by atoms with Crippen molar-refractivity contribution in [3.8, 4) is 34.2 Å². The molecule has 0 unspecified atom stereocenters. The lowest BCUT2D eigenvalue weighted by molar-refractivity contribution is -0.385. The van der Waals surface area contributed by atoms with E-state index in [4.69, 9.17) is 23.2 Å².